The molecule has 0 aliphatic rings. The van der Waals surface area contributed by atoms with Gasteiger partial charge in [-0.1, -0.05) is 212 Å². The molecular weight excluding hydrogens is 919 g/mol. The minimum Gasteiger partial charge on any atom is -0.256 e. The predicted octanol–water partition coefficient (Wildman–Crippen LogP) is 19.4. The molecule has 0 amide bonds. The molecule has 0 aliphatic carbocycles. The number of hydrogen-bond donors (Lipinski definition) is 0. The molecule has 0 bridgehead atoms. The van der Waals surface area contributed by atoms with E-state index in [-0.39, 0.29) is 0 Å². The molecule has 0 spiro atoms. The molecule has 2 heterocycles. The van der Waals surface area contributed by atoms with Crippen molar-refractivity contribution in [1.29, 1.82) is 0 Å². The van der Waals surface area contributed by atoms with E-state index >= 15 is 0 Å². The first-order valence-corrected chi connectivity index (χ1v) is 25.8. The lowest BCUT2D eigenvalue weighted by Gasteiger charge is -2.16. The minimum atomic E-state index is 0.622. The second-order valence-electron chi connectivity index (χ2n) is 19.2. The fourth-order valence-corrected chi connectivity index (χ4v) is 10.4. The topological polar surface area (TPSA) is 38.7 Å². The van der Waals surface area contributed by atoms with Crippen LogP contribution in [-0.2, 0) is 0 Å². The first-order valence-electron chi connectivity index (χ1n) is 25.8. The van der Waals surface area contributed by atoms with Crippen molar-refractivity contribution in [1.82, 2.24) is 15.0 Å². The van der Waals surface area contributed by atoms with Crippen molar-refractivity contribution in [3.63, 3.8) is 0 Å². The smallest absolute Gasteiger partial charge is 0.160 e. The van der Waals surface area contributed by atoms with Crippen LogP contribution < -0.4 is 0 Å². The zero-order valence-corrected chi connectivity index (χ0v) is 41.6. The summed E-state index contributed by atoms with van der Waals surface area (Å²) in [5.41, 5.74) is 22.2. The van der Waals surface area contributed by atoms with Crippen molar-refractivity contribution >= 4 is 10.8 Å². The van der Waals surface area contributed by atoms with Gasteiger partial charge in [-0.25, -0.2) is 9.97 Å². The zero-order chi connectivity index (χ0) is 50.6. The predicted molar refractivity (Wildman–Crippen MR) is 317 cm³/mol. The molecule has 2 aromatic heterocycles. The van der Waals surface area contributed by atoms with Crippen LogP contribution in [0.25, 0.3) is 134 Å². The Hall–Kier alpha value is -10.1. The molecular formula is C73H49N3. The number of nitrogens with zero attached hydrogens (tertiary/aromatic N) is 3. The second kappa shape index (κ2) is 20.4. The van der Waals surface area contributed by atoms with Crippen LogP contribution in [0.15, 0.2) is 297 Å². The van der Waals surface area contributed by atoms with Crippen molar-refractivity contribution in [2.24, 2.45) is 0 Å². The van der Waals surface area contributed by atoms with E-state index in [1.807, 2.05) is 6.20 Å². The van der Waals surface area contributed by atoms with Gasteiger partial charge in [0.05, 0.1) is 17.1 Å². The van der Waals surface area contributed by atoms with Crippen LogP contribution in [-0.4, -0.2) is 15.0 Å². The molecule has 0 saturated carbocycles. The van der Waals surface area contributed by atoms with Gasteiger partial charge in [-0.05, 0) is 162 Å². The molecule has 13 rings (SSSR count). The molecule has 0 atom stereocenters. The Kier molecular flexibility index (Phi) is 12.3. The van der Waals surface area contributed by atoms with E-state index in [0.717, 1.165) is 122 Å². The maximum Gasteiger partial charge on any atom is 0.160 e. The summed E-state index contributed by atoms with van der Waals surface area (Å²) in [7, 11) is 0. The molecule has 0 radical (unpaired) electrons. The number of hydrogen-bond acceptors (Lipinski definition) is 3. The van der Waals surface area contributed by atoms with E-state index in [1.54, 1.807) is 0 Å². The summed E-state index contributed by atoms with van der Waals surface area (Å²) in [5.74, 6) is 0.622. The quantitative estimate of drug-likeness (QED) is 0.130. The van der Waals surface area contributed by atoms with Crippen LogP contribution in [0, 0.1) is 0 Å². The van der Waals surface area contributed by atoms with Crippen LogP contribution in [0.5, 0.6) is 0 Å². The van der Waals surface area contributed by atoms with E-state index in [4.69, 9.17) is 15.0 Å². The second-order valence-corrected chi connectivity index (χ2v) is 19.2. The summed E-state index contributed by atoms with van der Waals surface area (Å²) in [5, 5.41) is 2.23. The van der Waals surface area contributed by atoms with E-state index in [0.29, 0.717) is 5.82 Å². The number of fused-ring (bicyclic) bond motifs is 1. The summed E-state index contributed by atoms with van der Waals surface area (Å²) in [4.78, 5) is 16.1. The lowest BCUT2D eigenvalue weighted by atomic mass is 9.90. The maximum atomic E-state index is 5.57. The summed E-state index contributed by atoms with van der Waals surface area (Å²) >= 11 is 0. The fraction of sp³-hybridized carbons (Fsp3) is 0. The maximum absolute atomic E-state index is 5.57. The van der Waals surface area contributed by atoms with Gasteiger partial charge in [-0.3, -0.25) is 4.98 Å². The Morgan fingerprint density at radius 2 is 0.500 bits per heavy atom. The van der Waals surface area contributed by atoms with E-state index < -0.39 is 0 Å². The van der Waals surface area contributed by atoms with E-state index in [1.165, 1.54) is 5.56 Å². The number of aromatic nitrogens is 3. The van der Waals surface area contributed by atoms with Crippen molar-refractivity contribution in [2.75, 3.05) is 0 Å². The number of pyridine rings is 1. The van der Waals surface area contributed by atoms with Crippen LogP contribution >= 0.6 is 0 Å². The summed E-state index contributed by atoms with van der Waals surface area (Å²) in [6.45, 7) is 0. The van der Waals surface area contributed by atoms with Gasteiger partial charge in [-0.2, -0.15) is 0 Å². The summed E-state index contributed by atoms with van der Waals surface area (Å²) in [6.07, 6.45) is 1.89. The van der Waals surface area contributed by atoms with Gasteiger partial charge in [0.15, 0.2) is 5.82 Å². The zero-order valence-electron chi connectivity index (χ0n) is 41.6. The third-order valence-corrected chi connectivity index (χ3v) is 14.2. The molecule has 13 aromatic rings. The van der Waals surface area contributed by atoms with Crippen LogP contribution in [0.2, 0.25) is 0 Å². The Morgan fingerprint density at radius 1 is 0.197 bits per heavy atom. The first kappa shape index (κ1) is 45.7. The van der Waals surface area contributed by atoms with Gasteiger partial charge < -0.3 is 0 Å². The monoisotopic (exact) mass is 967 g/mol. The highest BCUT2D eigenvalue weighted by molar-refractivity contribution is 5.95. The molecule has 0 unspecified atom stereocenters. The third kappa shape index (κ3) is 9.53. The van der Waals surface area contributed by atoms with Crippen molar-refractivity contribution in [3.05, 3.63) is 297 Å². The summed E-state index contributed by atoms with van der Waals surface area (Å²) < 4.78 is 0. The van der Waals surface area contributed by atoms with Crippen LogP contribution in [0.3, 0.4) is 0 Å². The molecule has 0 saturated heterocycles. The van der Waals surface area contributed by atoms with Gasteiger partial charge in [0, 0.05) is 33.8 Å². The van der Waals surface area contributed by atoms with Gasteiger partial charge in [0.25, 0.3) is 0 Å². The van der Waals surface area contributed by atoms with Crippen molar-refractivity contribution in [2.45, 2.75) is 0 Å². The van der Waals surface area contributed by atoms with Gasteiger partial charge in [-0.15, -0.1) is 0 Å². The lowest BCUT2D eigenvalue weighted by molar-refractivity contribution is 1.18. The molecule has 3 heteroatoms. The Morgan fingerprint density at radius 3 is 0.961 bits per heavy atom. The Bertz CT molecular complexity index is 4130. The average molecular weight is 968 g/mol. The van der Waals surface area contributed by atoms with E-state index in [9.17, 15) is 0 Å². The molecule has 76 heavy (non-hydrogen) atoms. The average Bonchev–Trinajstić information content (AvgIpc) is 3.54. The van der Waals surface area contributed by atoms with Gasteiger partial charge in [0.2, 0.25) is 0 Å². The summed E-state index contributed by atoms with van der Waals surface area (Å²) in [6, 6.07) is 104. The first-order chi connectivity index (χ1) is 37.6. The molecule has 0 N–H and O–H groups in total. The van der Waals surface area contributed by atoms with Crippen LogP contribution in [0.1, 0.15) is 0 Å². The van der Waals surface area contributed by atoms with Crippen LogP contribution in [0.4, 0.5) is 0 Å². The fourth-order valence-electron chi connectivity index (χ4n) is 10.4. The molecule has 11 aromatic carbocycles. The van der Waals surface area contributed by atoms with Gasteiger partial charge in [0.1, 0.15) is 0 Å². The normalized spacial score (nSPS) is 11.2. The van der Waals surface area contributed by atoms with Crippen molar-refractivity contribution < 1.29 is 0 Å². The van der Waals surface area contributed by atoms with Gasteiger partial charge >= 0.3 is 0 Å². The lowest BCUT2D eigenvalue weighted by Crippen LogP contribution is -1.98. The third-order valence-electron chi connectivity index (χ3n) is 14.2. The molecule has 356 valence electrons. The number of benzene rings is 11. The standard InChI is InChI=1S/C73H49N3/c1-6-20-50(21-7-1)56-31-18-32-57(38-56)64-41-62(53-26-12-4-13-27-53)45-67(47-64)70-49-71(76-73(75-70)59-34-19-33-58(39-59)72-69-35-17-16-30-55(69)36-37-74-72)68-46-63(54-28-14-5-15-29-54)44-66(48-68)65-42-60(51-22-8-2-9-23-51)40-61(43-65)52-24-10-3-11-25-52/h1-49H. The molecule has 0 fully saturated rings. The Balaban J connectivity index is 1.04. The van der Waals surface area contributed by atoms with Crippen molar-refractivity contribution in [3.8, 4) is 123 Å². The largest absolute Gasteiger partial charge is 0.256 e. The van der Waals surface area contributed by atoms with E-state index in [2.05, 4.69) is 291 Å². The molecule has 3 nitrogen and oxygen atoms in total. The SMILES string of the molecule is c1ccc(-c2cccc(-c3cc(-c4ccccc4)cc(-c4cc(-c5cc(-c6ccccc6)cc(-c6cc(-c7ccccc7)cc(-c7ccccc7)c6)c5)nc(-c5cccc(-c6nccc7ccccc67)c5)n4)c3)c2)cc1. The Labute approximate surface area is 443 Å². The minimum absolute atomic E-state index is 0.622. The highest BCUT2D eigenvalue weighted by atomic mass is 14.9. The highest BCUT2D eigenvalue weighted by Gasteiger charge is 2.18. The number of rotatable bonds is 11. The molecule has 0 aliphatic heterocycles. The highest BCUT2D eigenvalue weighted by Crippen LogP contribution is 2.40.